The number of hydrogen-bond acceptors (Lipinski definition) is 5. The molecule has 1 amide bonds. The molecule has 26 heavy (non-hydrogen) atoms. The molecular weight excluding hydrogens is 391 g/mol. The number of halogens is 2. The van der Waals surface area contributed by atoms with E-state index >= 15 is 0 Å². The normalized spacial score (nSPS) is 15.8. The zero-order chi connectivity index (χ0) is 16.6. The first-order valence-corrected chi connectivity index (χ1v) is 9.51. The maximum absolute atomic E-state index is 11.8. The Kier molecular flexibility index (Phi) is 10.7. The lowest BCUT2D eigenvalue weighted by atomic mass is 10.0. The highest BCUT2D eigenvalue weighted by molar-refractivity contribution is 7.09. The summed E-state index contributed by atoms with van der Waals surface area (Å²) in [5.41, 5.74) is 2.11. The van der Waals surface area contributed by atoms with Crippen LogP contribution in [0.25, 0.3) is 11.3 Å². The highest BCUT2D eigenvalue weighted by atomic mass is 35.5. The lowest BCUT2D eigenvalue weighted by molar-refractivity contribution is -0.121. The minimum atomic E-state index is 0. The Morgan fingerprint density at radius 1 is 1.31 bits per heavy atom. The standard InChI is InChI=1S/C18H24N4OS.2ClH/c23-17(4-3-14-5-9-20-12-14)21-8-1-2-18-22-16(13-24-18)15-6-10-19-11-7-15;;/h6-7,10-11,13-14,20H,1-5,8-9,12H2,(H,21,23);2*1H. The fraction of sp³-hybridized carbons (Fsp3) is 0.500. The Labute approximate surface area is 171 Å². The van der Waals surface area contributed by atoms with Crippen molar-refractivity contribution in [3.05, 3.63) is 34.9 Å². The van der Waals surface area contributed by atoms with Crippen molar-refractivity contribution in [1.82, 2.24) is 20.6 Å². The molecule has 0 aromatic carbocycles. The molecule has 1 aliphatic rings. The van der Waals surface area contributed by atoms with Crippen LogP contribution in [-0.4, -0.2) is 35.5 Å². The molecule has 1 unspecified atom stereocenters. The highest BCUT2D eigenvalue weighted by Crippen LogP contribution is 2.21. The van der Waals surface area contributed by atoms with E-state index in [-0.39, 0.29) is 30.7 Å². The summed E-state index contributed by atoms with van der Waals surface area (Å²) in [5.74, 6) is 0.858. The summed E-state index contributed by atoms with van der Waals surface area (Å²) in [4.78, 5) is 20.5. The summed E-state index contributed by atoms with van der Waals surface area (Å²) in [6.07, 6.45) is 8.26. The number of rotatable bonds is 8. The van der Waals surface area contributed by atoms with Crippen LogP contribution in [0.4, 0.5) is 0 Å². The van der Waals surface area contributed by atoms with Crippen LogP contribution < -0.4 is 10.6 Å². The van der Waals surface area contributed by atoms with Crippen molar-refractivity contribution in [2.45, 2.75) is 32.1 Å². The first-order chi connectivity index (χ1) is 11.8. The van der Waals surface area contributed by atoms with Crippen LogP contribution in [0.15, 0.2) is 29.9 Å². The third kappa shape index (κ3) is 7.19. The van der Waals surface area contributed by atoms with Crippen molar-refractivity contribution in [3.63, 3.8) is 0 Å². The second-order valence-electron chi connectivity index (χ2n) is 6.21. The second kappa shape index (κ2) is 12.2. The minimum Gasteiger partial charge on any atom is -0.356 e. The number of nitrogens with one attached hydrogen (secondary N) is 2. The van der Waals surface area contributed by atoms with E-state index in [1.807, 2.05) is 12.1 Å². The molecule has 1 saturated heterocycles. The molecule has 0 saturated carbocycles. The van der Waals surface area contributed by atoms with Crippen molar-refractivity contribution in [3.8, 4) is 11.3 Å². The summed E-state index contributed by atoms with van der Waals surface area (Å²) in [6, 6.07) is 3.94. The number of hydrogen-bond donors (Lipinski definition) is 2. The molecule has 0 bridgehead atoms. The largest absolute Gasteiger partial charge is 0.356 e. The Morgan fingerprint density at radius 3 is 2.85 bits per heavy atom. The van der Waals surface area contributed by atoms with Gasteiger partial charge in [0, 0.05) is 42.7 Å². The Balaban J connectivity index is 0.00000169. The maximum Gasteiger partial charge on any atom is 0.220 e. The summed E-state index contributed by atoms with van der Waals surface area (Å²) in [6.45, 7) is 2.89. The number of aryl methyl sites for hydroxylation is 1. The van der Waals surface area contributed by atoms with Gasteiger partial charge in [0.2, 0.25) is 5.91 Å². The molecule has 1 atom stereocenters. The van der Waals surface area contributed by atoms with Gasteiger partial charge in [-0.1, -0.05) is 0 Å². The van der Waals surface area contributed by atoms with Gasteiger partial charge in [0.25, 0.3) is 0 Å². The monoisotopic (exact) mass is 416 g/mol. The Bertz CT molecular complexity index is 648. The summed E-state index contributed by atoms with van der Waals surface area (Å²) < 4.78 is 0. The van der Waals surface area contributed by atoms with E-state index in [1.54, 1.807) is 23.7 Å². The van der Waals surface area contributed by atoms with Crippen LogP contribution >= 0.6 is 36.2 Å². The lowest BCUT2D eigenvalue weighted by Crippen LogP contribution is -2.25. The van der Waals surface area contributed by atoms with Gasteiger partial charge in [0.05, 0.1) is 10.7 Å². The molecule has 144 valence electrons. The molecule has 3 rings (SSSR count). The summed E-state index contributed by atoms with van der Waals surface area (Å²) in [5, 5.41) is 9.56. The molecule has 1 aliphatic heterocycles. The number of amides is 1. The molecule has 2 aromatic rings. The van der Waals surface area contributed by atoms with Crippen LogP contribution in [0.3, 0.4) is 0 Å². The predicted molar refractivity (Wildman–Crippen MR) is 111 cm³/mol. The van der Waals surface area contributed by atoms with Gasteiger partial charge in [-0.3, -0.25) is 9.78 Å². The Morgan fingerprint density at radius 2 is 2.12 bits per heavy atom. The third-order valence-corrected chi connectivity index (χ3v) is 5.27. The first-order valence-electron chi connectivity index (χ1n) is 8.63. The molecular formula is C18H26Cl2N4OS. The average molecular weight is 417 g/mol. The highest BCUT2D eigenvalue weighted by Gasteiger charge is 2.15. The van der Waals surface area contributed by atoms with E-state index in [0.717, 1.165) is 55.2 Å². The van der Waals surface area contributed by atoms with Gasteiger partial charge in [0.1, 0.15) is 0 Å². The van der Waals surface area contributed by atoms with E-state index in [1.165, 1.54) is 6.42 Å². The molecule has 5 nitrogen and oxygen atoms in total. The smallest absolute Gasteiger partial charge is 0.220 e. The van der Waals surface area contributed by atoms with Gasteiger partial charge >= 0.3 is 0 Å². The summed E-state index contributed by atoms with van der Waals surface area (Å²) in [7, 11) is 0. The first kappa shape index (κ1) is 22.8. The zero-order valence-electron chi connectivity index (χ0n) is 14.6. The molecule has 0 radical (unpaired) electrons. The van der Waals surface area contributed by atoms with E-state index in [2.05, 4.69) is 26.0 Å². The van der Waals surface area contributed by atoms with Crippen LogP contribution in [0.5, 0.6) is 0 Å². The fourth-order valence-electron chi connectivity index (χ4n) is 2.93. The van der Waals surface area contributed by atoms with Crippen molar-refractivity contribution in [1.29, 1.82) is 0 Å². The van der Waals surface area contributed by atoms with Crippen molar-refractivity contribution < 1.29 is 4.79 Å². The summed E-state index contributed by atoms with van der Waals surface area (Å²) >= 11 is 1.68. The van der Waals surface area contributed by atoms with Crippen LogP contribution in [-0.2, 0) is 11.2 Å². The minimum absolute atomic E-state index is 0. The van der Waals surface area contributed by atoms with Gasteiger partial charge in [-0.05, 0) is 50.4 Å². The quantitative estimate of drug-likeness (QED) is 0.646. The second-order valence-corrected chi connectivity index (χ2v) is 7.16. The van der Waals surface area contributed by atoms with Gasteiger partial charge < -0.3 is 10.6 Å². The van der Waals surface area contributed by atoms with Gasteiger partial charge in [-0.2, -0.15) is 0 Å². The van der Waals surface area contributed by atoms with Gasteiger partial charge in [-0.25, -0.2) is 4.98 Å². The molecule has 1 fully saturated rings. The molecule has 0 aliphatic carbocycles. The lowest BCUT2D eigenvalue weighted by Gasteiger charge is -2.08. The van der Waals surface area contributed by atoms with E-state index in [9.17, 15) is 4.79 Å². The SMILES string of the molecule is Cl.Cl.O=C(CCC1CCNC1)NCCCc1nc(-c2ccncc2)cs1. The molecule has 2 N–H and O–H groups in total. The predicted octanol–water partition coefficient (Wildman–Crippen LogP) is 3.49. The van der Waals surface area contributed by atoms with Crippen LogP contribution in [0.2, 0.25) is 0 Å². The average Bonchev–Trinajstić information content (AvgIpc) is 3.29. The molecule has 3 heterocycles. The number of thiazole rings is 1. The van der Waals surface area contributed by atoms with Crippen molar-refractivity contribution in [2.75, 3.05) is 19.6 Å². The number of carbonyl (C=O) groups excluding carboxylic acids is 1. The molecule has 0 spiro atoms. The third-order valence-electron chi connectivity index (χ3n) is 4.36. The number of aromatic nitrogens is 2. The van der Waals surface area contributed by atoms with Crippen LogP contribution in [0, 0.1) is 5.92 Å². The Hall–Kier alpha value is -1.21. The van der Waals surface area contributed by atoms with E-state index < -0.39 is 0 Å². The molecule has 2 aromatic heterocycles. The van der Waals surface area contributed by atoms with E-state index in [4.69, 9.17) is 0 Å². The fourth-order valence-corrected chi connectivity index (χ4v) is 3.78. The molecule has 8 heteroatoms. The zero-order valence-corrected chi connectivity index (χ0v) is 17.1. The van der Waals surface area contributed by atoms with Crippen LogP contribution in [0.1, 0.15) is 30.7 Å². The van der Waals surface area contributed by atoms with Gasteiger partial charge in [0.15, 0.2) is 0 Å². The number of pyridine rings is 1. The number of carbonyl (C=O) groups is 1. The van der Waals surface area contributed by atoms with Crippen molar-refractivity contribution in [2.24, 2.45) is 5.92 Å². The maximum atomic E-state index is 11.8. The number of nitrogens with zero attached hydrogens (tertiary/aromatic N) is 2. The van der Waals surface area contributed by atoms with Crippen molar-refractivity contribution >= 4 is 42.1 Å². The topological polar surface area (TPSA) is 66.9 Å². The van der Waals surface area contributed by atoms with Gasteiger partial charge in [-0.15, -0.1) is 36.2 Å². The van der Waals surface area contributed by atoms with E-state index in [0.29, 0.717) is 12.3 Å².